The summed E-state index contributed by atoms with van der Waals surface area (Å²) in [5, 5.41) is 9.43. The number of unbranched alkanes of at least 4 members (excludes halogenated alkanes) is 6. The summed E-state index contributed by atoms with van der Waals surface area (Å²) in [4.78, 5) is 26.5. The molecule has 0 saturated heterocycles. The van der Waals surface area contributed by atoms with Crippen molar-refractivity contribution in [3.8, 4) is 11.8 Å². The van der Waals surface area contributed by atoms with Gasteiger partial charge in [-0.1, -0.05) is 94.8 Å². The van der Waals surface area contributed by atoms with Crippen LogP contribution in [-0.2, 0) is 11.3 Å². The Morgan fingerprint density at radius 1 is 0.972 bits per heavy atom. The number of carbonyl (C=O) groups is 2. The fourth-order valence-corrected chi connectivity index (χ4v) is 4.93. The molecule has 0 bridgehead atoms. The van der Waals surface area contributed by atoms with Crippen molar-refractivity contribution in [2.45, 2.75) is 96.9 Å². The van der Waals surface area contributed by atoms with E-state index in [1.54, 1.807) is 23.1 Å². The molecule has 0 aromatic heterocycles. The monoisotopic (exact) mass is 487 g/mol. The van der Waals surface area contributed by atoms with Crippen molar-refractivity contribution in [3.05, 3.63) is 65.2 Å². The third-order valence-corrected chi connectivity index (χ3v) is 7.13. The normalized spacial score (nSPS) is 13.2. The summed E-state index contributed by atoms with van der Waals surface area (Å²) in [7, 11) is 0. The average molecular weight is 488 g/mol. The van der Waals surface area contributed by atoms with Crippen LogP contribution < -0.4 is 4.90 Å². The highest BCUT2D eigenvalue weighted by molar-refractivity contribution is 5.95. The topological polar surface area (TPSA) is 57.6 Å². The Kier molecular flexibility index (Phi) is 11.6. The van der Waals surface area contributed by atoms with Crippen molar-refractivity contribution in [1.29, 1.82) is 0 Å². The van der Waals surface area contributed by atoms with Gasteiger partial charge in [0, 0.05) is 24.1 Å². The first-order valence-corrected chi connectivity index (χ1v) is 13.8. The van der Waals surface area contributed by atoms with E-state index in [1.807, 2.05) is 30.3 Å². The number of nitrogens with zero attached hydrogens (tertiary/aromatic N) is 1. The number of carboxylic acid groups (broad SMARTS) is 1. The molecule has 0 atom stereocenters. The number of aromatic carboxylic acids is 1. The summed E-state index contributed by atoms with van der Waals surface area (Å²) in [6.07, 6.45) is 14.9. The van der Waals surface area contributed by atoms with E-state index in [4.69, 9.17) is 0 Å². The van der Waals surface area contributed by atoms with Crippen LogP contribution in [0.2, 0.25) is 0 Å². The molecule has 36 heavy (non-hydrogen) atoms. The number of anilines is 1. The molecule has 2 aromatic rings. The SMILES string of the molecule is CCCCCCCCC#Cc1ccc(CN(C(=O)CCC2CCCC2)c2cccc(C(=O)O)c2)cc1. The highest BCUT2D eigenvalue weighted by atomic mass is 16.4. The summed E-state index contributed by atoms with van der Waals surface area (Å²) in [5.74, 6) is 6.24. The van der Waals surface area contributed by atoms with Crippen LogP contribution in [0.25, 0.3) is 0 Å². The Hall–Kier alpha value is -3.06. The quantitative estimate of drug-likeness (QED) is 0.230. The number of hydrogen-bond donors (Lipinski definition) is 1. The van der Waals surface area contributed by atoms with Gasteiger partial charge in [-0.05, 0) is 54.7 Å². The Balaban J connectivity index is 1.62. The van der Waals surface area contributed by atoms with Crippen molar-refractivity contribution in [2.75, 3.05) is 4.90 Å². The van der Waals surface area contributed by atoms with Crippen molar-refractivity contribution in [1.82, 2.24) is 0 Å². The van der Waals surface area contributed by atoms with Crippen LogP contribution >= 0.6 is 0 Å². The van der Waals surface area contributed by atoms with Gasteiger partial charge in [-0.15, -0.1) is 0 Å². The summed E-state index contributed by atoms with van der Waals surface area (Å²) < 4.78 is 0. The molecule has 0 heterocycles. The lowest BCUT2D eigenvalue weighted by Crippen LogP contribution is -2.30. The molecule has 1 N–H and O–H groups in total. The van der Waals surface area contributed by atoms with E-state index in [2.05, 4.69) is 18.8 Å². The maximum absolute atomic E-state index is 13.3. The molecule has 1 fully saturated rings. The van der Waals surface area contributed by atoms with E-state index in [0.29, 0.717) is 24.6 Å². The van der Waals surface area contributed by atoms with Gasteiger partial charge < -0.3 is 10.0 Å². The summed E-state index contributed by atoms with van der Waals surface area (Å²) >= 11 is 0. The van der Waals surface area contributed by atoms with Gasteiger partial charge in [-0.2, -0.15) is 0 Å². The number of hydrogen-bond acceptors (Lipinski definition) is 2. The van der Waals surface area contributed by atoms with Gasteiger partial charge in [0.1, 0.15) is 0 Å². The predicted molar refractivity (Wildman–Crippen MR) is 147 cm³/mol. The standard InChI is InChI=1S/C32H41NO3/c1-2-3-4-5-6-7-8-9-13-27-18-20-28(21-19-27)25-33(30-17-12-16-29(24-30)32(35)36)31(34)23-22-26-14-10-11-15-26/h12,16-21,24,26H,2-8,10-11,14-15,22-23,25H2,1H3,(H,35,36). The molecule has 0 aliphatic heterocycles. The molecule has 4 heteroatoms. The molecule has 4 nitrogen and oxygen atoms in total. The first kappa shape index (κ1) is 27.5. The second-order valence-corrected chi connectivity index (χ2v) is 10.0. The minimum absolute atomic E-state index is 0.0484. The van der Waals surface area contributed by atoms with Crippen LogP contribution in [0.5, 0.6) is 0 Å². The van der Waals surface area contributed by atoms with Gasteiger partial charge in [-0.3, -0.25) is 4.79 Å². The second kappa shape index (κ2) is 15.1. The molecule has 1 amide bonds. The molecule has 192 valence electrons. The van der Waals surface area contributed by atoms with Gasteiger partial charge in [-0.25, -0.2) is 4.79 Å². The fraction of sp³-hybridized carbons (Fsp3) is 0.500. The minimum Gasteiger partial charge on any atom is -0.478 e. The Morgan fingerprint density at radius 3 is 2.42 bits per heavy atom. The Labute approximate surface area is 217 Å². The molecule has 2 aromatic carbocycles. The van der Waals surface area contributed by atoms with Crippen LogP contribution in [0.3, 0.4) is 0 Å². The van der Waals surface area contributed by atoms with Crippen molar-refractivity contribution >= 4 is 17.6 Å². The lowest BCUT2D eigenvalue weighted by molar-refractivity contribution is -0.119. The first-order chi connectivity index (χ1) is 17.6. The lowest BCUT2D eigenvalue weighted by atomic mass is 10.0. The highest BCUT2D eigenvalue weighted by Gasteiger charge is 2.21. The lowest BCUT2D eigenvalue weighted by Gasteiger charge is -2.24. The van der Waals surface area contributed by atoms with Crippen molar-refractivity contribution < 1.29 is 14.7 Å². The maximum Gasteiger partial charge on any atom is 0.335 e. The van der Waals surface area contributed by atoms with E-state index in [9.17, 15) is 14.7 Å². The van der Waals surface area contributed by atoms with E-state index >= 15 is 0 Å². The zero-order valence-electron chi connectivity index (χ0n) is 21.8. The molecule has 1 saturated carbocycles. The van der Waals surface area contributed by atoms with Gasteiger partial charge in [0.05, 0.1) is 12.1 Å². The predicted octanol–water partition coefficient (Wildman–Crippen LogP) is 7.99. The molecule has 0 radical (unpaired) electrons. The third-order valence-electron chi connectivity index (χ3n) is 7.13. The van der Waals surface area contributed by atoms with Crippen LogP contribution in [0.1, 0.15) is 112 Å². The average Bonchev–Trinajstić information content (AvgIpc) is 3.42. The Bertz CT molecular complexity index is 1030. The molecular weight excluding hydrogens is 446 g/mol. The van der Waals surface area contributed by atoms with Crippen LogP contribution in [0.4, 0.5) is 5.69 Å². The highest BCUT2D eigenvalue weighted by Crippen LogP contribution is 2.29. The third kappa shape index (κ3) is 9.19. The maximum atomic E-state index is 13.3. The summed E-state index contributed by atoms with van der Waals surface area (Å²) in [5.41, 5.74) is 2.81. The molecule has 3 rings (SSSR count). The molecular formula is C32H41NO3. The largest absolute Gasteiger partial charge is 0.478 e. The van der Waals surface area contributed by atoms with Crippen LogP contribution in [-0.4, -0.2) is 17.0 Å². The number of amides is 1. The second-order valence-electron chi connectivity index (χ2n) is 10.0. The van der Waals surface area contributed by atoms with Gasteiger partial charge in [0.25, 0.3) is 0 Å². The Morgan fingerprint density at radius 2 is 1.69 bits per heavy atom. The number of carboxylic acids is 1. The molecule has 0 spiro atoms. The number of benzene rings is 2. The van der Waals surface area contributed by atoms with Gasteiger partial charge in [0.2, 0.25) is 5.91 Å². The van der Waals surface area contributed by atoms with Crippen molar-refractivity contribution in [2.24, 2.45) is 5.92 Å². The summed E-state index contributed by atoms with van der Waals surface area (Å²) in [6, 6.07) is 14.8. The number of carbonyl (C=O) groups excluding carboxylic acids is 1. The molecule has 1 aliphatic carbocycles. The minimum atomic E-state index is -0.987. The number of rotatable bonds is 13. The van der Waals surface area contributed by atoms with Gasteiger partial charge >= 0.3 is 5.97 Å². The molecule has 0 unspecified atom stereocenters. The fourth-order valence-electron chi connectivity index (χ4n) is 4.93. The summed E-state index contributed by atoms with van der Waals surface area (Å²) in [6.45, 7) is 2.65. The van der Waals surface area contributed by atoms with E-state index in [1.165, 1.54) is 57.8 Å². The van der Waals surface area contributed by atoms with E-state index in [0.717, 1.165) is 30.4 Å². The van der Waals surface area contributed by atoms with Crippen LogP contribution in [0.15, 0.2) is 48.5 Å². The zero-order chi connectivity index (χ0) is 25.6. The smallest absolute Gasteiger partial charge is 0.335 e. The zero-order valence-corrected chi connectivity index (χ0v) is 21.8. The van der Waals surface area contributed by atoms with Gasteiger partial charge in [0.15, 0.2) is 0 Å². The van der Waals surface area contributed by atoms with Crippen molar-refractivity contribution in [3.63, 3.8) is 0 Å². The molecule has 1 aliphatic rings. The van der Waals surface area contributed by atoms with E-state index in [-0.39, 0.29) is 11.5 Å². The first-order valence-electron chi connectivity index (χ1n) is 13.8. The van der Waals surface area contributed by atoms with E-state index < -0.39 is 5.97 Å². The van der Waals surface area contributed by atoms with Crippen LogP contribution in [0, 0.1) is 17.8 Å².